The molecule has 0 aliphatic rings. The van der Waals surface area contributed by atoms with Crippen LogP contribution in [0.2, 0.25) is 10.0 Å². The average Bonchev–Trinajstić information content (AvgIpc) is 2.47. The van der Waals surface area contributed by atoms with E-state index in [9.17, 15) is 5.11 Å². The molecule has 2 aromatic rings. The maximum absolute atomic E-state index is 9.60. The zero-order valence-electron chi connectivity index (χ0n) is 11.3. The predicted molar refractivity (Wildman–Crippen MR) is 92.3 cm³/mol. The molecule has 1 atom stereocenters. The summed E-state index contributed by atoms with van der Waals surface area (Å²) in [5.74, 6) is 0.231. The van der Waals surface area contributed by atoms with Crippen LogP contribution in [0, 0.1) is 0 Å². The van der Waals surface area contributed by atoms with Gasteiger partial charge in [-0.3, -0.25) is 0 Å². The van der Waals surface area contributed by atoms with E-state index in [0.29, 0.717) is 16.5 Å². The molecule has 0 aromatic heterocycles. The molecule has 0 aliphatic carbocycles. The fraction of sp³-hybridized carbons (Fsp3) is 0.176. The molecular weight excluding hydrogens is 327 g/mol. The van der Waals surface area contributed by atoms with Crippen LogP contribution in [0.4, 0.5) is 0 Å². The molecule has 0 saturated carbocycles. The van der Waals surface area contributed by atoms with E-state index >= 15 is 0 Å². The molecule has 0 bridgehead atoms. The molecule has 0 saturated heterocycles. The second-order valence-electron chi connectivity index (χ2n) is 4.73. The summed E-state index contributed by atoms with van der Waals surface area (Å²) in [5.41, 5.74) is 2.85. The van der Waals surface area contributed by atoms with Gasteiger partial charge in [-0.1, -0.05) is 65.7 Å². The van der Waals surface area contributed by atoms with Gasteiger partial charge in [-0.25, -0.2) is 0 Å². The second kappa shape index (κ2) is 7.86. The van der Waals surface area contributed by atoms with Crippen LogP contribution in [-0.2, 0) is 6.42 Å². The van der Waals surface area contributed by atoms with E-state index in [1.165, 1.54) is 0 Å². The summed E-state index contributed by atoms with van der Waals surface area (Å²) in [5, 5.41) is 10.8. The van der Waals surface area contributed by atoms with Gasteiger partial charge in [0, 0.05) is 21.5 Å². The van der Waals surface area contributed by atoms with E-state index in [1.54, 1.807) is 12.1 Å². The lowest BCUT2D eigenvalue weighted by Gasteiger charge is -2.07. The Morgan fingerprint density at radius 3 is 2.33 bits per heavy atom. The number of rotatable bonds is 5. The molecule has 0 radical (unpaired) electrons. The first-order chi connectivity index (χ1) is 10.1. The zero-order valence-corrected chi connectivity index (χ0v) is 13.5. The van der Waals surface area contributed by atoms with Crippen LogP contribution in [-0.4, -0.2) is 17.1 Å². The standard InChI is InChI=1S/C17H15Cl3O/c18-11-14(21)10-13-4-1-3-12(9-13)7-8-15-16(19)5-2-6-17(15)20/h1-9,14,21H,10-11H2/b8-7+/t14-/m0/s1. The molecule has 2 aromatic carbocycles. The number of alkyl halides is 1. The summed E-state index contributed by atoms with van der Waals surface area (Å²) < 4.78 is 0. The molecular formula is C17H15Cl3O. The molecule has 2 rings (SSSR count). The van der Waals surface area contributed by atoms with Crippen LogP contribution in [0.25, 0.3) is 12.2 Å². The van der Waals surface area contributed by atoms with Crippen LogP contribution < -0.4 is 0 Å². The summed E-state index contributed by atoms with van der Waals surface area (Å²) in [6.07, 6.45) is 3.85. The monoisotopic (exact) mass is 340 g/mol. The Hall–Kier alpha value is -0.990. The van der Waals surface area contributed by atoms with Crippen LogP contribution in [0.5, 0.6) is 0 Å². The Kier molecular flexibility index (Phi) is 6.13. The molecule has 0 amide bonds. The van der Waals surface area contributed by atoms with Gasteiger partial charge in [0.2, 0.25) is 0 Å². The SMILES string of the molecule is O[C@H](CCl)Cc1cccc(/C=C/c2c(Cl)cccc2Cl)c1. The van der Waals surface area contributed by atoms with E-state index in [-0.39, 0.29) is 5.88 Å². The predicted octanol–water partition coefficient (Wildman–Crippen LogP) is 5.31. The number of aliphatic hydroxyl groups is 1. The summed E-state index contributed by atoms with van der Waals surface area (Å²) in [6.45, 7) is 0. The van der Waals surface area contributed by atoms with Crippen molar-refractivity contribution in [3.63, 3.8) is 0 Å². The molecule has 1 N–H and O–H groups in total. The van der Waals surface area contributed by atoms with Crippen LogP contribution in [0.15, 0.2) is 42.5 Å². The summed E-state index contributed by atoms with van der Waals surface area (Å²) >= 11 is 17.9. The first-order valence-corrected chi connectivity index (χ1v) is 7.84. The fourth-order valence-corrected chi connectivity index (χ4v) is 2.63. The van der Waals surface area contributed by atoms with Crippen molar-refractivity contribution >= 4 is 47.0 Å². The van der Waals surface area contributed by atoms with Crippen LogP contribution in [0.1, 0.15) is 16.7 Å². The third kappa shape index (κ3) is 4.76. The molecule has 0 fully saturated rings. The Balaban J connectivity index is 2.19. The first-order valence-electron chi connectivity index (χ1n) is 6.55. The van der Waals surface area contributed by atoms with Crippen molar-refractivity contribution in [3.05, 3.63) is 69.2 Å². The van der Waals surface area contributed by atoms with Crippen molar-refractivity contribution in [2.75, 3.05) is 5.88 Å². The van der Waals surface area contributed by atoms with E-state index in [0.717, 1.165) is 16.7 Å². The summed E-state index contributed by atoms with van der Waals surface area (Å²) in [6, 6.07) is 13.3. The Labute approximate surface area is 139 Å². The number of benzene rings is 2. The van der Waals surface area contributed by atoms with Crippen molar-refractivity contribution in [2.45, 2.75) is 12.5 Å². The molecule has 0 spiro atoms. The highest BCUT2D eigenvalue weighted by Gasteiger charge is 2.04. The van der Waals surface area contributed by atoms with Gasteiger partial charge in [0.15, 0.2) is 0 Å². The third-order valence-corrected chi connectivity index (χ3v) is 4.06. The maximum Gasteiger partial charge on any atom is 0.0715 e. The van der Waals surface area contributed by atoms with E-state index in [2.05, 4.69) is 0 Å². The highest BCUT2D eigenvalue weighted by molar-refractivity contribution is 6.37. The maximum atomic E-state index is 9.60. The van der Waals surface area contributed by atoms with Gasteiger partial charge in [0.05, 0.1) is 6.10 Å². The number of hydrogen-bond acceptors (Lipinski definition) is 1. The van der Waals surface area contributed by atoms with Gasteiger partial charge in [-0.05, 0) is 29.7 Å². The highest BCUT2D eigenvalue weighted by atomic mass is 35.5. The van der Waals surface area contributed by atoms with Gasteiger partial charge in [0.1, 0.15) is 0 Å². The molecule has 110 valence electrons. The first kappa shape index (κ1) is 16.4. The van der Waals surface area contributed by atoms with Gasteiger partial charge in [0.25, 0.3) is 0 Å². The Morgan fingerprint density at radius 2 is 1.67 bits per heavy atom. The number of hydrogen-bond donors (Lipinski definition) is 1. The smallest absolute Gasteiger partial charge is 0.0715 e. The highest BCUT2D eigenvalue weighted by Crippen LogP contribution is 2.26. The van der Waals surface area contributed by atoms with E-state index in [4.69, 9.17) is 34.8 Å². The molecule has 0 heterocycles. The van der Waals surface area contributed by atoms with Crippen LogP contribution >= 0.6 is 34.8 Å². The van der Waals surface area contributed by atoms with Gasteiger partial charge >= 0.3 is 0 Å². The molecule has 1 nitrogen and oxygen atoms in total. The fourth-order valence-electron chi connectivity index (χ4n) is 2.00. The van der Waals surface area contributed by atoms with E-state index < -0.39 is 6.10 Å². The van der Waals surface area contributed by atoms with E-state index in [1.807, 2.05) is 42.5 Å². The minimum absolute atomic E-state index is 0.231. The minimum Gasteiger partial charge on any atom is -0.392 e. The van der Waals surface area contributed by atoms with Gasteiger partial charge in [-0.2, -0.15) is 0 Å². The number of aliphatic hydroxyl groups excluding tert-OH is 1. The minimum atomic E-state index is -0.524. The van der Waals surface area contributed by atoms with Crippen molar-refractivity contribution in [3.8, 4) is 0 Å². The second-order valence-corrected chi connectivity index (χ2v) is 5.85. The molecule has 21 heavy (non-hydrogen) atoms. The van der Waals surface area contributed by atoms with Crippen molar-refractivity contribution in [1.82, 2.24) is 0 Å². The summed E-state index contributed by atoms with van der Waals surface area (Å²) in [4.78, 5) is 0. The quantitative estimate of drug-likeness (QED) is 0.577. The van der Waals surface area contributed by atoms with Crippen LogP contribution in [0.3, 0.4) is 0 Å². The third-order valence-electron chi connectivity index (χ3n) is 3.04. The Morgan fingerprint density at radius 1 is 1.00 bits per heavy atom. The topological polar surface area (TPSA) is 20.2 Å². The average molecular weight is 342 g/mol. The van der Waals surface area contributed by atoms with Gasteiger partial charge < -0.3 is 5.11 Å². The molecule has 0 aliphatic heterocycles. The van der Waals surface area contributed by atoms with Crippen molar-refractivity contribution in [2.24, 2.45) is 0 Å². The van der Waals surface area contributed by atoms with Gasteiger partial charge in [-0.15, -0.1) is 11.6 Å². The normalized spacial score (nSPS) is 12.8. The van der Waals surface area contributed by atoms with Crippen molar-refractivity contribution < 1.29 is 5.11 Å². The molecule has 4 heteroatoms. The largest absolute Gasteiger partial charge is 0.392 e. The Bertz CT molecular complexity index is 617. The lowest BCUT2D eigenvalue weighted by Crippen LogP contribution is -2.11. The zero-order chi connectivity index (χ0) is 15.2. The number of halogens is 3. The lowest BCUT2D eigenvalue weighted by atomic mass is 10.0. The lowest BCUT2D eigenvalue weighted by molar-refractivity contribution is 0.199. The summed E-state index contributed by atoms with van der Waals surface area (Å²) in [7, 11) is 0. The van der Waals surface area contributed by atoms with Crippen molar-refractivity contribution in [1.29, 1.82) is 0 Å². The molecule has 0 unspecified atom stereocenters.